The summed E-state index contributed by atoms with van der Waals surface area (Å²) in [7, 11) is 0. The zero-order valence-corrected chi connectivity index (χ0v) is 21.6. The first-order chi connectivity index (χ1) is 17.0. The second kappa shape index (κ2) is 15.8. The second-order valence-corrected chi connectivity index (χ2v) is 9.49. The van der Waals surface area contributed by atoms with Gasteiger partial charge in [0.05, 0.1) is 12.4 Å². The predicted octanol–water partition coefficient (Wildman–Crippen LogP) is -1.12. The number of aromatic amines is 1. The smallest absolute Gasteiger partial charge is 0.326 e. The molecule has 0 saturated heterocycles. The molecule has 13 nitrogen and oxygen atoms in total. The number of hydrogen-bond donors (Lipinski definition) is 7. The van der Waals surface area contributed by atoms with Crippen LogP contribution in [0.1, 0.15) is 45.2 Å². The molecule has 0 spiro atoms. The second-order valence-electron chi connectivity index (χ2n) is 8.51. The van der Waals surface area contributed by atoms with Gasteiger partial charge in [0.15, 0.2) is 0 Å². The summed E-state index contributed by atoms with van der Waals surface area (Å²) in [5.41, 5.74) is 11.6. The lowest BCUT2D eigenvalue weighted by Gasteiger charge is -2.28. The highest BCUT2D eigenvalue weighted by molar-refractivity contribution is 7.98. The summed E-state index contributed by atoms with van der Waals surface area (Å²) in [6.07, 6.45) is 5.29. The third kappa shape index (κ3) is 10.6. The number of primary amides is 1. The lowest BCUT2D eigenvalue weighted by molar-refractivity contribution is -0.142. The number of thioether (sulfide) groups is 1. The number of carboxylic acids is 1. The molecule has 14 heteroatoms. The summed E-state index contributed by atoms with van der Waals surface area (Å²) in [5, 5.41) is 17.1. The van der Waals surface area contributed by atoms with Crippen molar-refractivity contribution in [2.45, 2.75) is 70.1 Å². The van der Waals surface area contributed by atoms with Crippen LogP contribution in [0, 0.1) is 5.92 Å². The van der Waals surface area contributed by atoms with E-state index in [0.29, 0.717) is 24.3 Å². The number of imidazole rings is 1. The molecule has 202 valence electrons. The normalized spacial score (nSPS) is 15.1. The molecule has 9 N–H and O–H groups in total. The highest BCUT2D eigenvalue weighted by Gasteiger charge is 2.32. The predicted molar refractivity (Wildman–Crippen MR) is 135 cm³/mol. The number of nitrogens with two attached hydrogens (primary N) is 2. The topological polar surface area (TPSA) is 222 Å². The van der Waals surface area contributed by atoms with Gasteiger partial charge < -0.3 is 37.5 Å². The molecule has 5 unspecified atom stereocenters. The van der Waals surface area contributed by atoms with E-state index in [1.54, 1.807) is 18.7 Å². The van der Waals surface area contributed by atoms with Gasteiger partial charge in [0.25, 0.3) is 0 Å². The van der Waals surface area contributed by atoms with Crippen LogP contribution in [-0.4, -0.2) is 80.8 Å². The summed E-state index contributed by atoms with van der Waals surface area (Å²) in [5.74, 6) is -3.52. The van der Waals surface area contributed by atoms with Crippen LogP contribution >= 0.6 is 11.8 Å². The van der Waals surface area contributed by atoms with E-state index in [4.69, 9.17) is 11.5 Å². The zero-order chi connectivity index (χ0) is 27.3. The van der Waals surface area contributed by atoms with Crippen LogP contribution in [0.3, 0.4) is 0 Å². The molecule has 4 amide bonds. The van der Waals surface area contributed by atoms with Crippen LogP contribution in [0.2, 0.25) is 0 Å². The Bertz CT molecular complexity index is 882. The molecule has 0 fully saturated rings. The fraction of sp³-hybridized carbons (Fsp3) is 0.636. The van der Waals surface area contributed by atoms with Crippen molar-refractivity contribution >= 4 is 41.4 Å². The van der Waals surface area contributed by atoms with Gasteiger partial charge in [-0.05, 0) is 30.8 Å². The molecule has 1 aromatic heterocycles. The van der Waals surface area contributed by atoms with Crippen molar-refractivity contribution in [1.29, 1.82) is 0 Å². The van der Waals surface area contributed by atoms with E-state index >= 15 is 0 Å². The minimum atomic E-state index is -1.38. The number of hydrogen-bond acceptors (Lipinski definition) is 8. The Morgan fingerprint density at radius 2 is 1.75 bits per heavy atom. The van der Waals surface area contributed by atoms with Gasteiger partial charge >= 0.3 is 5.97 Å². The van der Waals surface area contributed by atoms with E-state index in [1.165, 1.54) is 12.5 Å². The molecule has 0 bridgehead atoms. The van der Waals surface area contributed by atoms with Gasteiger partial charge in [-0.3, -0.25) is 19.2 Å². The Hall–Kier alpha value is -3.13. The lowest BCUT2D eigenvalue weighted by atomic mass is 9.97. The Labute approximate surface area is 214 Å². The standard InChI is InChI=1S/C22H37N7O6S/c1-4-12(2)18(29-19(31)14(23)7-8-36-3)21(33)28-16(9-13-10-25-11-26-13)20(32)27-15(22(34)35)5-6-17(24)30/h10-12,14-16,18H,4-9,23H2,1-3H3,(H2,24,30)(H,25,26)(H,27,32)(H,28,33)(H,29,31)(H,34,35). The van der Waals surface area contributed by atoms with E-state index in [2.05, 4.69) is 25.9 Å². The molecule has 1 aromatic rings. The third-order valence-electron chi connectivity index (χ3n) is 5.67. The number of carboxylic acid groups (broad SMARTS) is 1. The maximum absolute atomic E-state index is 13.2. The van der Waals surface area contributed by atoms with E-state index in [1.807, 2.05) is 13.2 Å². The van der Waals surface area contributed by atoms with Crippen LogP contribution in [0.15, 0.2) is 12.5 Å². The van der Waals surface area contributed by atoms with Crippen molar-refractivity contribution in [1.82, 2.24) is 25.9 Å². The Balaban J connectivity index is 3.06. The fourth-order valence-electron chi connectivity index (χ4n) is 3.24. The summed E-state index contributed by atoms with van der Waals surface area (Å²) in [6, 6.07) is -4.33. The number of aromatic nitrogens is 2. The molecule has 1 rings (SSSR count). The first-order valence-electron chi connectivity index (χ1n) is 11.6. The van der Waals surface area contributed by atoms with Crippen molar-refractivity contribution in [3.8, 4) is 0 Å². The van der Waals surface area contributed by atoms with Crippen molar-refractivity contribution in [3.63, 3.8) is 0 Å². The Morgan fingerprint density at radius 1 is 1.08 bits per heavy atom. The molecule has 0 aliphatic carbocycles. The molecule has 0 radical (unpaired) electrons. The molecule has 0 aromatic carbocycles. The lowest BCUT2D eigenvalue weighted by Crippen LogP contribution is -2.59. The van der Waals surface area contributed by atoms with E-state index in [9.17, 15) is 29.1 Å². The first kappa shape index (κ1) is 30.9. The molecule has 36 heavy (non-hydrogen) atoms. The maximum atomic E-state index is 13.2. The number of carbonyl (C=O) groups is 5. The fourth-order valence-corrected chi connectivity index (χ4v) is 3.73. The number of nitrogens with one attached hydrogen (secondary N) is 4. The Morgan fingerprint density at radius 3 is 2.28 bits per heavy atom. The zero-order valence-electron chi connectivity index (χ0n) is 20.8. The van der Waals surface area contributed by atoms with Crippen molar-refractivity contribution in [2.75, 3.05) is 12.0 Å². The maximum Gasteiger partial charge on any atom is 0.326 e. The molecular weight excluding hydrogens is 490 g/mol. The molecule has 0 aliphatic rings. The molecule has 1 heterocycles. The van der Waals surface area contributed by atoms with Gasteiger partial charge in [-0.15, -0.1) is 0 Å². The van der Waals surface area contributed by atoms with E-state index in [0.717, 1.165) is 0 Å². The molecule has 0 saturated carbocycles. The highest BCUT2D eigenvalue weighted by atomic mass is 32.2. The molecule has 0 aliphatic heterocycles. The van der Waals surface area contributed by atoms with Crippen molar-refractivity contribution in [3.05, 3.63) is 18.2 Å². The van der Waals surface area contributed by atoms with Crippen molar-refractivity contribution in [2.24, 2.45) is 17.4 Å². The summed E-state index contributed by atoms with van der Waals surface area (Å²) in [6.45, 7) is 3.64. The Kier molecular flexibility index (Phi) is 13.5. The van der Waals surface area contributed by atoms with Crippen LogP contribution in [-0.2, 0) is 30.4 Å². The number of rotatable bonds is 17. The minimum absolute atomic E-state index is 0.0197. The highest BCUT2D eigenvalue weighted by Crippen LogP contribution is 2.11. The summed E-state index contributed by atoms with van der Waals surface area (Å²) in [4.78, 5) is 68.2. The number of amides is 4. The van der Waals surface area contributed by atoms with Gasteiger partial charge in [0.2, 0.25) is 23.6 Å². The number of nitrogens with zero attached hydrogens (tertiary/aromatic N) is 1. The monoisotopic (exact) mass is 527 g/mol. The van der Waals surface area contributed by atoms with Crippen LogP contribution < -0.4 is 27.4 Å². The summed E-state index contributed by atoms with van der Waals surface area (Å²) >= 11 is 1.55. The third-order valence-corrected chi connectivity index (χ3v) is 6.31. The minimum Gasteiger partial charge on any atom is -0.480 e. The first-order valence-corrected chi connectivity index (χ1v) is 13.0. The van der Waals surface area contributed by atoms with E-state index in [-0.39, 0.29) is 25.2 Å². The molecule has 5 atom stereocenters. The van der Waals surface area contributed by atoms with Gasteiger partial charge in [-0.1, -0.05) is 20.3 Å². The average molecular weight is 528 g/mol. The van der Waals surface area contributed by atoms with Gasteiger partial charge in [-0.25, -0.2) is 9.78 Å². The van der Waals surface area contributed by atoms with Gasteiger partial charge in [0, 0.05) is 24.7 Å². The quantitative estimate of drug-likeness (QED) is 0.130. The largest absolute Gasteiger partial charge is 0.480 e. The van der Waals surface area contributed by atoms with Crippen LogP contribution in [0.5, 0.6) is 0 Å². The SMILES string of the molecule is CCC(C)C(NC(=O)C(N)CCSC)C(=O)NC(Cc1cnc[nH]1)C(=O)NC(CCC(N)=O)C(=O)O. The number of aliphatic carboxylic acids is 1. The van der Waals surface area contributed by atoms with Crippen LogP contribution in [0.4, 0.5) is 0 Å². The van der Waals surface area contributed by atoms with Crippen molar-refractivity contribution < 1.29 is 29.1 Å². The average Bonchev–Trinajstić information content (AvgIpc) is 3.34. The van der Waals surface area contributed by atoms with Gasteiger partial charge in [0.1, 0.15) is 18.1 Å². The summed E-state index contributed by atoms with van der Waals surface area (Å²) < 4.78 is 0. The van der Waals surface area contributed by atoms with E-state index < -0.39 is 53.8 Å². The molecular formula is C22H37N7O6S. The number of H-pyrrole nitrogens is 1. The van der Waals surface area contributed by atoms with Crippen LogP contribution in [0.25, 0.3) is 0 Å². The van der Waals surface area contributed by atoms with Gasteiger partial charge in [-0.2, -0.15) is 11.8 Å². The number of carbonyl (C=O) groups excluding carboxylic acids is 4.